The van der Waals surface area contributed by atoms with Crippen LogP contribution < -0.4 is 5.32 Å². The maximum atomic E-state index is 12.0. The molecule has 0 bridgehead atoms. The fraction of sp³-hybridized carbons (Fsp3) is 1.00. The van der Waals surface area contributed by atoms with Crippen molar-refractivity contribution in [1.82, 2.24) is 10.2 Å². The highest BCUT2D eigenvalue weighted by Crippen LogP contribution is 2.20. The van der Waals surface area contributed by atoms with E-state index in [1.807, 2.05) is 7.05 Å². The average Bonchev–Trinajstić information content (AvgIpc) is 2.10. The molecule has 0 saturated carbocycles. The summed E-state index contributed by atoms with van der Waals surface area (Å²) in [6.07, 6.45) is 2.26. The van der Waals surface area contributed by atoms with Gasteiger partial charge in [0.05, 0.1) is 0 Å². The molecule has 1 aliphatic rings. The lowest BCUT2D eigenvalue weighted by Crippen LogP contribution is -2.50. The van der Waals surface area contributed by atoms with Crippen molar-refractivity contribution in [3.63, 3.8) is 0 Å². The molecule has 1 aliphatic heterocycles. The van der Waals surface area contributed by atoms with Crippen LogP contribution in [-0.4, -0.2) is 43.8 Å². The molecule has 1 saturated heterocycles. The van der Waals surface area contributed by atoms with Crippen LogP contribution in [0.4, 0.5) is 4.39 Å². The minimum Gasteiger partial charge on any atom is -0.314 e. The van der Waals surface area contributed by atoms with Crippen molar-refractivity contribution in [2.24, 2.45) is 0 Å². The zero-order valence-corrected chi connectivity index (χ0v) is 8.07. The number of hydrogen-bond acceptors (Lipinski definition) is 2. The normalized spacial score (nSPS) is 24.2. The summed E-state index contributed by atoms with van der Waals surface area (Å²) in [7, 11) is 2.00. The zero-order chi connectivity index (χ0) is 9.03. The third kappa shape index (κ3) is 2.42. The van der Waals surface area contributed by atoms with Crippen molar-refractivity contribution in [2.75, 3.05) is 33.4 Å². The van der Waals surface area contributed by atoms with E-state index in [9.17, 15) is 4.39 Å². The molecule has 1 heterocycles. The molecule has 0 aromatic carbocycles. The predicted octanol–water partition coefficient (Wildman–Crippen LogP) is 1.03. The molecule has 72 valence electrons. The molecule has 3 heteroatoms. The van der Waals surface area contributed by atoms with Gasteiger partial charge >= 0.3 is 0 Å². The third-order valence-corrected chi connectivity index (χ3v) is 2.96. The standard InChI is InChI=1S/C9H19FN2/c1-9(11-2)3-6-12(7-4-9)8-5-10/h11H,3-8H2,1-2H3. The summed E-state index contributed by atoms with van der Waals surface area (Å²) in [6.45, 7) is 4.69. The highest BCUT2D eigenvalue weighted by molar-refractivity contribution is 4.87. The summed E-state index contributed by atoms with van der Waals surface area (Å²) in [4.78, 5) is 2.19. The topological polar surface area (TPSA) is 15.3 Å². The van der Waals surface area contributed by atoms with Crippen LogP contribution in [0.15, 0.2) is 0 Å². The zero-order valence-electron chi connectivity index (χ0n) is 8.07. The van der Waals surface area contributed by atoms with Gasteiger partial charge in [0.1, 0.15) is 6.67 Å². The van der Waals surface area contributed by atoms with Crippen LogP contribution >= 0.6 is 0 Å². The molecule has 0 amide bonds. The Labute approximate surface area is 74.1 Å². The first-order valence-corrected chi connectivity index (χ1v) is 4.67. The Kier molecular flexibility index (Phi) is 3.47. The van der Waals surface area contributed by atoms with E-state index in [-0.39, 0.29) is 12.2 Å². The van der Waals surface area contributed by atoms with E-state index in [1.165, 1.54) is 0 Å². The van der Waals surface area contributed by atoms with Crippen molar-refractivity contribution >= 4 is 0 Å². The van der Waals surface area contributed by atoms with Crippen LogP contribution in [0.2, 0.25) is 0 Å². The Morgan fingerprint density at radius 2 is 2.00 bits per heavy atom. The Morgan fingerprint density at radius 1 is 1.42 bits per heavy atom. The van der Waals surface area contributed by atoms with E-state index in [0.29, 0.717) is 6.54 Å². The van der Waals surface area contributed by atoms with Crippen molar-refractivity contribution < 1.29 is 4.39 Å². The number of halogens is 1. The molecule has 12 heavy (non-hydrogen) atoms. The minimum absolute atomic E-state index is 0.212. The molecule has 0 atom stereocenters. The summed E-state index contributed by atoms with van der Waals surface area (Å²) in [5.41, 5.74) is 0.285. The molecule has 1 fully saturated rings. The van der Waals surface area contributed by atoms with Gasteiger partial charge in [-0.1, -0.05) is 0 Å². The Bertz CT molecular complexity index is 130. The second kappa shape index (κ2) is 4.19. The fourth-order valence-electron chi connectivity index (χ4n) is 1.64. The molecule has 1 N–H and O–H groups in total. The largest absolute Gasteiger partial charge is 0.314 e. The van der Waals surface area contributed by atoms with E-state index >= 15 is 0 Å². The summed E-state index contributed by atoms with van der Waals surface area (Å²) in [6, 6.07) is 0. The molecule has 0 radical (unpaired) electrons. The highest BCUT2D eigenvalue weighted by Gasteiger charge is 2.27. The molecule has 0 aromatic heterocycles. The fourth-order valence-corrected chi connectivity index (χ4v) is 1.64. The van der Waals surface area contributed by atoms with Crippen LogP contribution in [0.3, 0.4) is 0 Å². The van der Waals surface area contributed by atoms with Gasteiger partial charge < -0.3 is 10.2 Å². The molecule has 2 nitrogen and oxygen atoms in total. The van der Waals surface area contributed by atoms with E-state index in [4.69, 9.17) is 0 Å². The lowest BCUT2D eigenvalue weighted by atomic mass is 9.90. The van der Waals surface area contributed by atoms with Crippen LogP contribution in [0, 0.1) is 0 Å². The Hall–Kier alpha value is -0.150. The van der Waals surface area contributed by atoms with Gasteiger partial charge in [0.2, 0.25) is 0 Å². The van der Waals surface area contributed by atoms with Gasteiger partial charge in [-0.25, -0.2) is 4.39 Å². The number of rotatable bonds is 3. The van der Waals surface area contributed by atoms with Crippen molar-refractivity contribution in [3.05, 3.63) is 0 Å². The van der Waals surface area contributed by atoms with Gasteiger partial charge in [0.25, 0.3) is 0 Å². The van der Waals surface area contributed by atoms with E-state index in [2.05, 4.69) is 17.1 Å². The second-order valence-corrected chi connectivity index (χ2v) is 3.84. The molecular formula is C9H19FN2. The van der Waals surface area contributed by atoms with Gasteiger partial charge in [-0.2, -0.15) is 0 Å². The number of alkyl halides is 1. The number of nitrogens with one attached hydrogen (secondary N) is 1. The van der Waals surface area contributed by atoms with Gasteiger partial charge in [-0.05, 0) is 39.9 Å². The molecule has 0 aliphatic carbocycles. The van der Waals surface area contributed by atoms with Gasteiger partial charge in [-0.15, -0.1) is 0 Å². The lowest BCUT2D eigenvalue weighted by molar-refractivity contribution is 0.144. The van der Waals surface area contributed by atoms with Crippen LogP contribution in [-0.2, 0) is 0 Å². The van der Waals surface area contributed by atoms with E-state index in [1.54, 1.807) is 0 Å². The Balaban J connectivity index is 2.29. The molecule has 0 aromatic rings. The molecule has 0 unspecified atom stereocenters. The monoisotopic (exact) mass is 174 g/mol. The maximum absolute atomic E-state index is 12.0. The second-order valence-electron chi connectivity index (χ2n) is 3.84. The highest BCUT2D eigenvalue weighted by atomic mass is 19.1. The molecule has 0 spiro atoms. The average molecular weight is 174 g/mol. The number of nitrogens with zero attached hydrogens (tertiary/aromatic N) is 1. The van der Waals surface area contributed by atoms with Crippen LogP contribution in [0.25, 0.3) is 0 Å². The lowest BCUT2D eigenvalue weighted by Gasteiger charge is -2.38. The first kappa shape index (κ1) is 9.93. The first-order chi connectivity index (χ1) is 5.70. The summed E-state index contributed by atoms with van der Waals surface area (Å²) < 4.78 is 12.0. The maximum Gasteiger partial charge on any atom is 0.102 e. The predicted molar refractivity (Wildman–Crippen MR) is 49.1 cm³/mol. The molecule has 1 rings (SSSR count). The first-order valence-electron chi connectivity index (χ1n) is 4.67. The van der Waals surface area contributed by atoms with Crippen LogP contribution in [0.1, 0.15) is 19.8 Å². The smallest absolute Gasteiger partial charge is 0.102 e. The SMILES string of the molecule is CNC1(C)CCN(CCF)CC1. The number of likely N-dealkylation sites (tertiary alicyclic amines) is 1. The van der Waals surface area contributed by atoms with Crippen molar-refractivity contribution in [3.8, 4) is 0 Å². The summed E-state index contributed by atoms with van der Waals surface area (Å²) >= 11 is 0. The van der Waals surface area contributed by atoms with Gasteiger partial charge in [-0.3, -0.25) is 0 Å². The molecular weight excluding hydrogens is 155 g/mol. The Morgan fingerprint density at radius 3 is 2.42 bits per heavy atom. The minimum atomic E-state index is -0.212. The summed E-state index contributed by atoms with van der Waals surface area (Å²) in [5.74, 6) is 0. The quantitative estimate of drug-likeness (QED) is 0.687. The number of hydrogen-bond donors (Lipinski definition) is 1. The summed E-state index contributed by atoms with van der Waals surface area (Å²) in [5, 5.41) is 3.32. The van der Waals surface area contributed by atoms with Crippen LogP contribution in [0.5, 0.6) is 0 Å². The van der Waals surface area contributed by atoms with E-state index in [0.717, 1.165) is 25.9 Å². The van der Waals surface area contributed by atoms with E-state index < -0.39 is 0 Å². The van der Waals surface area contributed by atoms with Crippen molar-refractivity contribution in [2.45, 2.75) is 25.3 Å². The third-order valence-electron chi connectivity index (χ3n) is 2.96. The van der Waals surface area contributed by atoms with Crippen molar-refractivity contribution in [1.29, 1.82) is 0 Å². The number of piperidine rings is 1. The van der Waals surface area contributed by atoms with Gasteiger partial charge in [0, 0.05) is 12.1 Å². The van der Waals surface area contributed by atoms with Gasteiger partial charge in [0.15, 0.2) is 0 Å².